The SMILES string of the molecule is CCC[C@H](C)NC(=O)Cc1c(C)nc2ccccc2c1C. The van der Waals surface area contributed by atoms with Crippen molar-refractivity contribution in [1.29, 1.82) is 0 Å². The fourth-order valence-corrected chi connectivity index (χ4v) is 2.82. The Labute approximate surface area is 126 Å². The van der Waals surface area contributed by atoms with Crippen LogP contribution in [0.25, 0.3) is 10.9 Å². The predicted octanol–water partition coefficient (Wildman–Crippen LogP) is 3.70. The Kier molecular flexibility index (Phi) is 4.94. The van der Waals surface area contributed by atoms with E-state index in [-0.39, 0.29) is 11.9 Å². The summed E-state index contributed by atoms with van der Waals surface area (Å²) in [7, 11) is 0. The smallest absolute Gasteiger partial charge is 0.224 e. The Balaban J connectivity index is 2.24. The molecule has 0 bridgehead atoms. The summed E-state index contributed by atoms with van der Waals surface area (Å²) in [5.41, 5.74) is 4.16. The summed E-state index contributed by atoms with van der Waals surface area (Å²) in [5, 5.41) is 4.20. The van der Waals surface area contributed by atoms with Crippen LogP contribution in [0.5, 0.6) is 0 Å². The monoisotopic (exact) mass is 284 g/mol. The first-order valence-corrected chi connectivity index (χ1v) is 7.67. The average molecular weight is 284 g/mol. The lowest BCUT2D eigenvalue weighted by Gasteiger charge is -2.15. The molecule has 0 aliphatic rings. The van der Waals surface area contributed by atoms with Crippen molar-refractivity contribution in [1.82, 2.24) is 10.3 Å². The van der Waals surface area contributed by atoms with Crippen molar-refractivity contribution < 1.29 is 4.79 Å². The molecular formula is C18H24N2O. The standard InChI is InChI=1S/C18H24N2O/c1-5-8-12(2)19-18(21)11-16-13(3)15-9-6-7-10-17(15)20-14(16)4/h6-7,9-10,12H,5,8,11H2,1-4H3,(H,19,21)/t12-/m0/s1. The first kappa shape index (κ1) is 15.5. The third-order valence-corrected chi connectivity index (χ3v) is 3.95. The van der Waals surface area contributed by atoms with Crippen molar-refractivity contribution in [2.24, 2.45) is 0 Å². The highest BCUT2D eigenvalue weighted by Gasteiger charge is 2.14. The Bertz CT molecular complexity index is 649. The molecule has 1 aromatic carbocycles. The number of benzene rings is 1. The highest BCUT2D eigenvalue weighted by Crippen LogP contribution is 2.22. The fourth-order valence-electron chi connectivity index (χ4n) is 2.82. The van der Waals surface area contributed by atoms with Crippen molar-refractivity contribution in [2.45, 2.75) is 53.0 Å². The van der Waals surface area contributed by atoms with Crippen LogP contribution in [-0.4, -0.2) is 16.9 Å². The number of carbonyl (C=O) groups excluding carboxylic acids is 1. The first-order chi connectivity index (χ1) is 10.0. The van der Waals surface area contributed by atoms with Crippen LogP contribution in [0.4, 0.5) is 0 Å². The lowest BCUT2D eigenvalue weighted by atomic mass is 9.99. The average Bonchev–Trinajstić information content (AvgIpc) is 2.43. The Morgan fingerprint density at radius 2 is 2.00 bits per heavy atom. The normalized spacial score (nSPS) is 12.4. The quantitative estimate of drug-likeness (QED) is 0.909. The van der Waals surface area contributed by atoms with Gasteiger partial charge in [0.25, 0.3) is 0 Å². The van der Waals surface area contributed by atoms with Crippen LogP contribution in [0.1, 0.15) is 43.5 Å². The number of nitrogens with one attached hydrogen (secondary N) is 1. The molecule has 0 aliphatic heterocycles. The minimum absolute atomic E-state index is 0.0826. The summed E-state index contributed by atoms with van der Waals surface area (Å²) < 4.78 is 0. The van der Waals surface area contributed by atoms with Crippen LogP contribution in [0.3, 0.4) is 0 Å². The van der Waals surface area contributed by atoms with Gasteiger partial charge in [-0.15, -0.1) is 0 Å². The van der Waals surface area contributed by atoms with Gasteiger partial charge in [0.2, 0.25) is 5.91 Å². The van der Waals surface area contributed by atoms with Crippen molar-refractivity contribution in [3.63, 3.8) is 0 Å². The molecule has 1 heterocycles. The van der Waals surface area contributed by atoms with Crippen molar-refractivity contribution in [3.05, 3.63) is 41.1 Å². The zero-order valence-corrected chi connectivity index (χ0v) is 13.4. The third-order valence-electron chi connectivity index (χ3n) is 3.95. The molecule has 0 saturated carbocycles. The van der Waals surface area contributed by atoms with Gasteiger partial charge in [0, 0.05) is 17.1 Å². The summed E-state index contributed by atoms with van der Waals surface area (Å²) in [4.78, 5) is 16.8. The second-order valence-corrected chi connectivity index (χ2v) is 5.75. The minimum Gasteiger partial charge on any atom is -0.353 e. The molecule has 112 valence electrons. The zero-order valence-electron chi connectivity index (χ0n) is 13.4. The highest BCUT2D eigenvalue weighted by molar-refractivity contribution is 5.86. The molecule has 2 aromatic rings. The maximum atomic E-state index is 12.2. The summed E-state index contributed by atoms with van der Waals surface area (Å²) in [5.74, 6) is 0.0826. The number of aryl methyl sites for hydroxylation is 2. The van der Waals surface area contributed by atoms with Gasteiger partial charge in [-0.2, -0.15) is 0 Å². The third kappa shape index (κ3) is 3.60. The number of para-hydroxylation sites is 1. The first-order valence-electron chi connectivity index (χ1n) is 7.67. The van der Waals surface area contributed by atoms with Gasteiger partial charge in [0.15, 0.2) is 0 Å². The Morgan fingerprint density at radius 1 is 1.29 bits per heavy atom. The number of carbonyl (C=O) groups is 1. The molecule has 0 spiro atoms. The molecule has 2 rings (SSSR count). The van der Waals surface area contributed by atoms with Crippen LogP contribution < -0.4 is 5.32 Å². The van der Waals surface area contributed by atoms with Crippen molar-refractivity contribution >= 4 is 16.8 Å². The molecule has 3 heteroatoms. The number of amides is 1. The fraction of sp³-hybridized carbons (Fsp3) is 0.444. The molecule has 0 radical (unpaired) electrons. The second-order valence-electron chi connectivity index (χ2n) is 5.75. The summed E-state index contributed by atoms with van der Waals surface area (Å²) in [6, 6.07) is 8.32. The van der Waals surface area contributed by atoms with Gasteiger partial charge in [0.05, 0.1) is 11.9 Å². The van der Waals surface area contributed by atoms with Crippen LogP contribution in [-0.2, 0) is 11.2 Å². The molecular weight excluding hydrogens is 260 g/mol. The van der Waals surface area contributed by atoms with E-state index in [0.717, 1.165) is 40.6 Å². The van der Waals surface area contributed by atoms with E-state index in [2.05, 4.69) is 37.1 Å². The zero-order chi connectivity index (χ0) is 15.4. The van der Waals surface area contributed by atoms with Gasteiger partial charge in [-0.3, -0.25) is 9.78 Å². The van der Waals surface area contributed by atoms with Crippen molar-refractivity contribution in [2.75, 3.05) is 0 Å². The molecule has 1 atom stereocenters. The summed E-state index contributed by atoms with van der Waals surface area (Å²) in [6.07, 6.45) is 2.50. The van der Waals surface area contributed by atoms with Crippen LogP contribution in [0, 0.1) is 13.8 Å². The molecule has 0 fully saturated rings. The molecule has 1 N–H and O–H groups in total. The van der Waals surface area contributed by atoms with E-state index in [1.165, 1.54) is 0 Å². The lowest BCUT2D eigenvalue weighted by molar-refractivity contribution is -0.121. The highest BCUT2D eigenvalue weighted by atomic mass is 16.1. The van der Waals surface area contributed by atoms with Gasteiger partial charge < -0.3 is 5.32 Å². The van der Waals surface area contributed by atoms with E-state index in [0.29, 0.717) is 6.42 Å². The van der Waals surface area contributed by atoms with E-state index in [4.69, 9.17) is 0 Å². The van der Waals surface area contributed by atoms with E-state index < -0.39 is 0 Å². The number of aromatic nitrogens is 1. The largest absolute Gasteiger partial charge is 0.353 e. The van der Waals surface area contributed by atoms with Gasteiger partial charge in [-0.25, -0.2) is 0 Å². The molecule has 0 aliphatic carbocycles. The number of nitrogens with zero attached hydrogens (tertiary/aromatic N) is 1. The second kappa shape index (κ2) is 6.70. The van der Waals surface area contributed by atoms with Crippen LogP contribution >= 0.6 is 0 Å². The summed E-state index contributed by atoms with van der Waals surface area (Å²) >= 11 is 0. The Morgan fingerprint density at radius 3 is 2.71 bits per heavy atom. The number of hydrogen-bond donors (Lipinski definition) is 1. The molecule has 21 heavy (non-hydrogen) atoms. The molecule has 0 unspecified atom stereocenters. The number of hydrogen-bond acceptors (Lipinski definition) is 2. The number of fused-ring (bicyclic) bond motifs is 1. The predicted molar refractivity (Wildman–Crippen MR) is 87.4 cm³/mol. The Hall–Kier alpha value is -1.90. The van der Waals surface area contributed by atoms with Crippen molar-refractivity contribution in [3.8, 4) is 0 Å². The number of pyridine rings is 1. The minimum atomic E-state index is 0.0826. The van der Waals surface area contributed by atoms with E-state index in [9.17, 15) is 4.79 Å². The maximum absolute atomic E-state index is 12.2. The van der Waals surface area contributed by atoms with Crippen LogP contribution in [0.2, 0.25) is 0 Å². The number of rotatable bonds is 5. The van der Waals surface area contributed by atoms with Gasteiger partial charge >= 0.3 is 0 Å². The van der Waals surface area contributed by atoms with E-state index in [1.807, 2.05) is 25.1 Å². The topological polar surface area (TPSA) is 42.0 Å². The van der Waals surface area contributed by atoms with Gasteiger partial charge in [-0.05, 0) is 44.4 Å². The van der Waals surface area contributed by atoms with Crippen LogP contribution in [0.15, 0.2) is 24.3 Å². The maximum Gasteiger partial charge on any atom is 0.224 e. The molecule has 0 saturated heterocycles. The molecule has 1 amide bonds. The van der Waals surface area contributed by atoms with Gasteiger partial charge in [-0.1, -0.05) is 31.5 Å². The van der Waals surface area contributed by atoms with E-state index in [1.54, 1.807) is 0 Å². The van der Waals surface area contributed by atoms with Gasteiger partial charge in [0.1, 0.15) is 0 Å². The van der Waals surface area contributed by atoms with E-state index >= 15 is 0 Å². The summed E-state index contributed by atoms with van der Waals surface area (Å²) in [6.45, 7) is 8.25. The lowest BCUT2D eigenvalue weighted by Crippen LogP contribution is -2.33. The molecule has 1 aromatic heterocycles. The molecule has 3 nitrogen and oxygen atoms in total.